The molecule has 31 heavy (non-hydrogen) atoms. The number of hydrogen-bond donors (Lipinski definition) is 1. The molecule has 1 N–H and O–H groups in total. The zero-order chi connectivity index (χ0) is 22.9. The summed E-state index contributed by atoms with van der Waals surface area (Å²) in [5.74, 6) is -0.892. The molecule has 0 spiro atoms. The Labute approximate surface area is 184 Å². The Bertz CT molecular complexity index is 1110. The summed E-state index contributed by atoms with van der Waals surface area (Å²) >= 11 is 0. The van der Waals surface area contributed by atoms with Crippen molar-refractivity contribution in [2.45, 2.75) is 38.5 Å². The molecule has 1 heterocycles. The van der Waals surface area contributed by atoms with Crippen molar-refractivity contribution in [3.05, 3.63) is 53.1 Å². The first-order valence-electron chi connectivity index (χ1n) is 10.3. The van der Waals surface area contributed by atoms with Crippen LogP contribution in [-0.4, -0.2) is 45.2 Å². The number of carbonyl (C=O) groups excluding carboxylic acids is 2. The molecule has 1 aliphatic heterocycles. The van der Waals surface area contributed by atoms with Gasteiger partial charge in [0.1, 0.15) is 0 Å². The molecule has 2 amide bonds. The molecule has 0 radical (unpaired) electrons. The van der Waals surface area contributed by atoms with E-state index in [-0.39, 0.29) is 23.1 Å². The van der Waals surface area contributed by atoms with Crippen LogP contribution in [0.4, 0.5) is 11.4 Å². The smallest absolute Gasteiger partial charge is 0.242 e. The fourth-order valence-corrected chi connectivity index (χ4v) is 4.61. The molecular weight excluding hydrogens is 414 g/mol. The first-order chi connectivity index (χ1) is 14.5. The molecule has 1 unspecified atom stereocenters. The van der Waals surface area contributed by atoms with E-state index < -0.39 is 15.9 Å². The van der Waals surface area contributed by atoms with E-state index in [2.05, 4.69) is 12.2 Å². The summed E-state index contributed by atoms with van der Waals surface area (Å²) in [5.41, 5.74) is 3.97. The van der Waals surface area contributed by atoms with E-state index in [1.54, 1.807) is 17.9 Å². The van der Waals surface area contributed by atoms with Gasteiger partial charge in [0.2, 0.25) is 21.8 Å². The van der Waals surface area contributed by atoms with Gasteiger partial charge in [-0.1, -0.05) is 19.1 Å². The molecule has 1 aliphatic rings. The lowest BCUT2D eigenvalue weighted by molar-refractivity contribution is -0.122. The third-order valence-corrected chi connectivity index (χ3v) is 7.62. The molecule has 0 saturated carbocycles. The minimum Gasteiger partial charge on any atom is -0.325 e. The number of rotatable bonds is 6. The number of aryl methyl sites for hydroxylation is 2. The lowest BCUT2D eigenvalue weighted by Gasteiger charge is -2.19. The van der Waals surface area contributed by atoms with Crippen LogP contribution < -0.4 is 10.2 Å². The van der Waals surface area contributed by atoms with Gasteiger partial charge in [-0.25, -0.2) is 12.7 Å². The Morgan fingerprint density at radius 2 is 1.81 bits per heavy atom. The fraction of sp³-hybridized carbons (Fsp3) is 0.391. The summed E-state index contributed by atoms with van der Waals surface area (Å²) in [7, 11) is -0.700. The number of nitrogens with zero attached hydrogens (tertiary/aromatic N) is 2. The van der Waals surface area contributed by atoms with E-state index in [0.29, 0.717) is 12.2 Å². The van der Waals surface area contributed by atoms with E-state index in [1.165, 1.54) is 25.7 Å². The van der Waals surface area contributed by atoms with Crippen molar-refractivity contribution in [3.63, 3.8) is 0 Å². The summed E-state index contributed by atoms with van der Waals surface area (Å²) in [6.45, 7) is 6.00. The number of hydrogen-bond acceptors (Lipinski definition) is 4. The number of carbonyl (C=O) groups is 2. The van der Waals surface area contributed by atoms with Crippen LogP contribution in [0.3, 0.4) is 0 Å². The number of anilines is 2. The molecule has 1 atom stereocenters. The van der Waals surface area contributed by atoms with Gasteiger partial charge in [-0.3, -0.25) is 9.59 Å². The summed E-state index contributed by atoms with van der Waals surface area (Å²) in [6.07, 6.45) is 1.04. The first-order valence-corrected chi connectivity index (χ1v) is 11.7. The lowest BCUT2D eigenvalue weighted by Crippen LogP contribution is -2.28. The van der Waals surface area contributed by atoms with E-state index in [1.807, 2.05) is 31.2 Å². The van der Waals surface area contributed by atoms with Crippen molar-refractivity contribution in [2.24, 2.45) is 5.92 Å². The minimum atomic E-state index is -3.63. The molecule has 1 fully saturated rings. The molecule has 0 bridgehead atoms. The average molecular weight is 444 g/mol. The molecule has 166 valence electrons. The van der Waals surface area contributed by atoms with Crippen molar-refractivity contribution in [1.82, 2.24) is 4.31 Å². The van der Waals surface area contributed by atoms with Crippen LogP contribution in [0.1, 0.15) is 30.0 Å². The Morgan fingerprint density at radius 3 is 2.39 bits per heavy atom. The van der Waals surface area contributed by atoms with Crippen molar-refractivity contribution in [2.75, 3.05) is 30.9 Å². The predicted octanol–water partition coefficient (Wildman–Crippen LogP) is 3.11. The van der Waals surface area contributed by atoms with Gasteiger partial charge < -0.3 is 10.2 Å². The van der Waals surface area contributed by atoms with Gasteiger partial charge in [0.25, 0.3) is 0 Å². The number of benzene rings is 2. The van der Waals surface area contributed by atoms with E-state index in [9.17, 15) is 18.0 Å². The van der Waals surface area contributed by atoms with E-state index in [0.717, 1.165) is 27.5 Å². The normalized spacial score (nSPS) is 16.8. The zero-order valence-electron chi connectivity index (χ0n) is 18.6. The maximum atomic E-state index is 12.9. The lowest BCUT2D eigenvalue weighted by atomic mass is 10.1. The molecule has 2 aromatic rings. The second-order valence-corrected chi connectivity index (χ2v) is 10.3. The molecule has 0 aliphatic carbocycles. The van der Waals surface area contributed by atoms with Crippen LogP contribution in [0.5, 0.6) is 0 Å². The molecule has 7 nitrogen and oxygen atoms in total. The summed E-state index contributed by atoms with van der Waals surface area (Å²) in [6, 6.07) is 10.9. The summed E-state index contributed by atoms with van der Waals surface area (Å²) in [4.78, 5) is 27.2. The third-order valence-electron chi connectivity index (χ3n) is 5.83. The van der Waals surface area contributed by atoms with Crippen LogP contribution >= 0.6 is 0 Å². The molecule has 8 heteroatoms. The molecule has 2 aromatic carbocycles. The van der Waals surface area contributed by atoms with Gasteiger partial charge in [-0.2, -0.15) is 0 Å². The maximum absolute atomic E-state index is 12.9. The van der Waals surface area contributed by atoms with Crippen molar-refractivity contribution in [3.8, 4) is 0 Å². The van der Waals surface area contributed by atoms with Crippen molar-refractivity contribution < 1.29 is 18.0 Å². The first kappa shape index (κ1) is 23.0. The zero-order valence-corrected chi connectivity index (χ0v) is 19.4. The monoisotopic (exact) mass is 443 g/mol. The maximum Gasteiger partial charge on any atom is 0.242 e. The van der Waals surface area contributed by atoms with Gasteiger partial charge in [-0.05, 0) is 61.2 Å². The highest BCUT2D eigenvalue weighted by molar-refractivity contribution is 7.89. The van der Waals surface area contributed by atoms with Crippen LogP contribution in [0, 0.1) is 19.8 Å². The van der Waals surface area contributed by atoms with Gasteiger partial charge in [0.15, 0.2) is 0 Å². The highest BCUT2D eigenvalue weighted by Crippen LogP contribution is 2.29. The molecular formula is C23H29N3O4S. The van der Waals surface area contributed by atoms with Gasteiger partial charge in [-0.15, -0.1) is 0 Å². The van der Waals surface area contributed by atoms with Crippen LogP contribution in [0.25, 0.3) is 0 Å². The highest BCUT2D eigenvalue weighted by atomic mass is 32.2. The van der Waals surface area contributed by atoms with Gasteiger partial charge >= 0.3 is 0 Å². The second kappa shape index (κ2) is 8.80. The SMILES string of the molecule is CCc1ccc(N2CC(C(=O)Nc3cc(S(=O)(=O)N(C)C)cc(C)c3C)CC2=O)cc1. The number of nitrogens with one attached hydrogen (secondary N) is 1. The summed E-state index contributed by atoms with van der Waals surface area (Å²) in [5, 5.41) is 2.85. The van der Waals surface area contributed by atoms with Crippen molar-refractivity contribution >= 4 is 33.2 Å². The Hall–Kier alpha value is -2.71. The Morgan fingerprint density at radius 1 is 1.16 bits per heavy atom. The largest absolute Gasteiger partial charge is 0.325 e. The second-order valence-electron chi connectivity index (χ2n) is 8.11. The average Bonchev–Trinajstić information content (AvgIpc) is 3.12. The van der Waals surface area contributed by atoms with Gasteiger partial charge in [0, 0.05) is 38.4 Å². The predicted molar refractivity (Wildman–Crippen MR) is 122 cm³/mol. The number of amides is 2. The molecule has 0 aromatic heterocycles. The van der Waals surface area contributed by atoms with E-state index >= 15 is 0 Å². The molecule has 3 rings (SSSR count). The quantitative estimate of drug-likeness (QED) is 0.743. The topological polar surface area (TPSA) is 86.8 Å². The number of sulfonamides is 1. The third kappa shape index (κ3) is 4.65. The highest BCUT2D eigenvalue weighted by Gasteiger charge is 2.35. The van der Waals surface area contributed by atoms with E-state index in [4.69, 9.17) is 0 Å². The summed E-state index contributed by atoms with van der Waals surface area (Å²) < 4.78 is 26.2. The van der Waals surface area contributed by atoms with Crippen molar-refractivity contribution in [1.29, 1.82) is 0 Å². The van der Waals surface area contributed by atoms with Crippen LogP contribution in [0.15, 0.2) is 41.3 Å². The molecule has 1 saturated heterocycles. The van der Waals surface area contributed by atoms with Gasteiger partial charge in [0.05, 0.1) is 10.8 Å². The van der Waals surface area contributed by atoms with Crippen LogP contribution in [-0.2, 0) is 26.0 Å². The standard InChI is InChI=1S/C23H29N3O4S/c1-6-17-7-9-19(10-8-17)26-14-18(12-22(26)27)23(28)24-21-13-20(11-15(2)16(21)3)31(29,30)25(4)5/h7-11,13,18H,6,12,14H2,1-5H3,(H,24,28). The van der Waals surface area contributed by atoms with Crippen LogP contribution in [0.2, 0.25) is 0 Å². The fourth-order valence-electron chi connectivity index (χ4n) is 3.59. The Balaban J connectivity index is 1.80. The minimum absolute atomic E-state index is 0.0961. The Kier molecular flexibility index (Phi) is 6.52.